The van der Waals surface area contributed by atoms with Crippen molar-refractivity contribution < 1.29 is 28.7 Å². The molecule has 1 unspecified atom stereocenters. The average molecular weight is 186 g/mol. The predicted molar refractivity (Wildman–Crippen MR) is 23.2 cm³/mol. The van der Waals surface area contributed by atoms with E-state index in [2.05, 4.69) is 0 Å². The van der Waals surface area contributed by atoms with Crippen LogP contribution in [0.1, 0.15) is 0 Å². The largest absolute Gasteiger partial charge is 3.00 e. The minimum absolute atomic E-state index is 0. The molecule has 0 bridgehead atoms. The zero-order valence-electron chi connectivity index (χ0n) is 3.96. The normalized spacial score (nSPS) is 7.78. The zero-order chi connectivity index (χ0) is 7.15. The second-order valence-electron chi connectivity index (χ2n) is 0.461. The fraction of sp³-hybridized carbons (Fsp3) is 0. The topological polar surface area (TPSA) is 124 Å². The van der Waals surface area contributed by atoms with Gasteiger partial charge in [0.15, 0.2) is 0 Å². The number of hydrogen-bond acceptors (Lipinski definition) is 5. The van der Waals surface area contributed by atoms with Gasteiger partial charge < -0.3 is 14.7 Å². The Morgan fingerprint density at radius 3 is 1.11 bits per heavy atom. The molecule has 0 spiro atoms. The van der Waals surface area contributed by atoms with Gasteiger partial charge in [0.2, 0.25) is 0 Å². The van der Waals surface area contributed by atoms with Crippen molar-refractivity contribution in [2.45, 2.75) is 0 Å². The maximum atomic E-state index is 8.59. The van der Waals surface area contributed by atoms with Crippen LogP contribution >= 0.6 is 16.5 Å². The standard InChI is InChI=1S/Al.2HO3P/c;2*1-4(2)3/h;2*(H,1,2,3)/q+3;;/p-1. The summed E-state index contributed by atoms with van der Waals surface area (Å²) in [5.74, 6) is 0. The van der Waals surface area contributed by atoms with Crippen molar-refractivity contribution in [1.82, 2.24) is 0 Å². The molecule has 0 fully saturated rings. The molecule has 0 aliphatic heterocycles. The fourth-order valence-corrected chi connectivity index (χ4v) is 0. The average Bonchev–Trinajstić information content (AvgIpc) is 1.25. The molecular weight excluding hydrogens is 185 g/mol. The summed E-state index contributed by atoms with van der Waals surface area (Å²) in [5, 5.41) is 0. The summed E-state index contributed by atoms with van der Waals surface area (Å²) in [6.45, 7) is 0. The van der Waals surface area contributed by atoms with E-state index in [1.54, 1.807) is 0 Å². The molecule has 0 amide bonds. The smallest absolute Gasteiger partial charge is 0.598 e. The van der Waals surface area contributed by atoms with Crippen molar-refractivity contribution in [1.29, 1.82) is 0 Å². The van der Waals surface area contributed by atoms with E-state index in [4.69, 9.17) is 28.7 Å². The summed E-state index contributed by atoms with van der Waals surface area (Å²) < 4.78 is 17.1. The van der Waals surface area contributed by atoms with Crippen LogP contribution < -0.4 is 14.7 Å². The Balaban J connectivity index is -0.0000000720. The molecule has 0 saturated carbocycles. The summed E-state index contributed by atoms with van der Waals surface area (Å²) in [5.41, 5.74) is 0. The quantitative estimate of drug-likeness (QED) is 0.317. The minimum Gasteiger partial charge on any atom is -0.598 e. The van der Waals surface area contributed by atoms with Gasteiger partial charge in [0.1, 0.15) is 0 Å². The summed E-state index contributed by atoms with van der Waals surface area (Å²) in [6.07, 6.45) is 0. The Kier molecular flexibility index (Phi) is 20.6. The van der Waals surface area contributed by atoms with Crippen LogP contribution in [0.4, 0.5) is 0 Å². The molecule has 0 saturated heterocycles. The minimum atomic E-state index is -3.37. The van der Waals surface area contributed by atoms with Crippen LogP contribution in [-0.2, 0) is 9.13 Å². The van der Waals surface area contributed by atoms with E-state index in [0.717, 1.165) is 0 Å². The SMILES string of the molecule is O=[P+]([O-])O.O=[P+]([O-])[O-].[Al+3]. The first kappa shape index (κ1) is 16.3. The van der Waals surface area contributed by atoms with E-state index in [1.165, 1.54) is 0 Å². The van der Waals surface area contributed by atoms with E-state index in [-0.39, 0.29) is 17.4 Å². The Bertz CT molecular complexity index is 69.1. The van der Waals surface area contributed by atoms with Crippen molar-refractivity contribution in [2.75, 3.05) is 0 Å². The molecule has 0 radical (unpaired) electrons. The van der Waals surface area contributed by atoms with Gasteiger partial charge in [0.25, 0.3) is 8.25 Å². The van der Waals surface area contributed by atoms with Gasteiger partial charge >= 0.3 is 25.6 Å². The summed E-state index contributed by atoms with van der Waals surface area (Å²) in [6, 6.07) is 0. The van der Waals surface area contributed by atoms with Crippen molar-refractivity contribution in [3.63, 3.8) is 0 Å². The third kappa shape index (κ3) is 1130. The van der Waals surface area contributed by atoms with Crippen molar-refractivity contribution in [2.24, 2.45) is 0 Å². The molecular formula is HAlO6P2+2. The van der Waals surface area contributed by atoms with E-state index < -0.39 is 16.5 Å². The molecule has 0 rings (SSSR count). The molecule has 0 aliphatic rings. The van der Waals surface area contributed by atoms with Gasteiger partial charge in [0.05, 0.1) is 0 Å². The first-order chi connectivity index (χ1) is 3.46. The third-order valence-corrected chi connectivity index (χ3v) is 0. The van der Waals surface area contributed by atoms with E-state index in [0.29, 0.717) is 0 Å². The van der Waals surface area contributed by atoms with Crippen LogP contribution in [-0.4, -0.2) is 22.3 Å². The first-order valence-corrected chi connectivity index (χ1v) is 3.34. The molecule has 6 nitrogen and oxygen atoms in total. The second kappa shape index (κ2) is 11.4. The van der Waals surface area contributed by atoms with Crippen LogP contribution in [0.3, 0.4) is 0 Å². The molecule has 0 aromatic heterocycles. The van der Waals surface area contributed by atoms with Crippen LogP contribution in [0, 0.1) is 0 Å². The van der Waals surface area contributed by atoms with Gasteiger partial charge in [-0.15, -0.1) is 0 Å². The van der Waals surface area contributed by atoms with Crippen LogP contribution in [0.2, 0.25) is 0 Å². The van der Waals surface area contributed by atoms with E-state index >= 15 is 0 Å². The van der Waals surface area contributed by atoms with Gasteiger partial charge in [-0.25, -0.2) is 0 Å². The maximum Gasteiger partial charge on any atom is 3.00 e. The van der Waals surface area contributed by atoms with Gasteiger partial charge in [-0.1, -0.05) is 4.57 Å². The molecule has 0 aromatic rings. The molecule has 1 N–H and O–H groups in total. The molecule has 0 heterocycles. The van der Waals surface area contributed by atoms with Crippen molar-refractivity contribution in [3.05, 3.63) is 0 Å². The Labute approximate surface area is 63.2 Å². The summed E-state index contributed by atoms with van der Waals surface area (Å²) >= 11 is 0. The van der Waals surface area contributed by atoms with E-state index in [9.17, 15) is 0 Å². The molecule has 9 heavy (non-hydrogen) atoms. The zero-order valence-corrected chi connectivity index (χ0v) is 6.90. The van der Waals surface area contributed by atoms with Gasteiger partial charge in [-0.05, 0) is 4.57 Å². The van der Waals surface area contributed by atoms with Crippen LogP contribution in [0.15, 0.2) is 0 Å². The molecule has 0 aromatic carbocycles. The molecule has 0 aliphatic carbocycles. The van der Waals surface area contributed by atoms with Gasteiger partial charge in [-0.2, -0.15) is 4.89 Å². The second-order valence-corrected chi connectivity index (χ2v) is 1.38. The Hall–Kier alpha value is 0.572. The third-order valence-electron chi connectivity index (χ3n) is 0. The molecule has 48 valence electrons. The van der Waals surface area contributed by atoms with E-state index in [1.807, 2.05) is 0 Å². The predicted octanol–water partition coefficient (Wildman–Crippen LogP) is -3.02. The molecule has 1 atom stereocenters. The number of rotatable bonds is 0. The first-order valence-electron chi connectivity index (χ1n) is 1.11. The summed E-state index contributed by atoms with van der Waals surface area (Å²) in [7, 11) is -6.49. The molecule has 9 heteroatoms. The van der Waals surface area contributed by atoms with Crippen LogP contribution in [0.25, 0.3) is 0 Å². The van der Waals surface area contributed by atoms with Crippen LogP contribution in [0.5, 0.6) is 0 Å². The Morgan fingerprint density at radius 2 is 1.11 bits per heavy atom. The number of hydrogen-bond donors (Lipinski definition) is 1. The maximum absolute atomic E-state index is 8.59. The summed E-state index contributed by atoms with van der Waals surface area (Å²) in [4.78, 5) is 32.6. The van der Waals surface area contributed by atoms with Gasteiger partial charge in [0, 0.05) is 0 Å². The Morgan fingerprint density at radius 1 is 1.11 bits per heavy atom. The van der Waals surface area contributed by atoms with Crippen molar-refractivity contribution >= 4 is 33.9 Å². The monoisotopic (exact) mass is 186 g/mol. The fourth-order valence-electron chi connectivity index (χ4n) is 0. The van der Waals surface area contributed by atoms with Crippen molar-refractivity contribution in [3.8, 4) is 0 Å². The van der Waals surface area contributed by atoms with Gasteiger partial charge in [-0.3, -0.25) is 0 Å².